The number of oxazole rings is 1. The molecule has 0 amide bonds. The van der Waals surface area contributed by atoms with Gasteiger partial charge in [0.2, 0.25) is 11.4 Å². The van der Waals surface area contributed by atoms with E-state index in [0.29, 0.717) is 35.8 Å². The summed E-state index contributed by atoms with van der Waals surface area (Å²) in [5.74, 6) is -1.91. The molecule has 4 radical (unpaired) electrons. The molecule has 15 nitrogen and oxygen atoms in total. The minimum Gasteiger partial charge on any atom is -0.512 e. The summed E-state index contributed by atoms with van der Waals surface area (Å²) in [6, 6.07) is 74.1. The normalized spacial score (nSPS) is 11.0. The van der Waals surface area contributed by atoms with Crippen molar-refractivity contribution >= 4 is 67.1 Å². The van der Waals surface area contributed by atoms with Crippen LogP contribution in [0.4, 0.5) is 30.7 Å². The number of alkyl halides is 3. The average molecular weight is 2380 g/mol. The van der Waals surface area contributed by atoms with Crippen LogP contribution >= 0.6 is 22.7 Å². The van der Waals surface area contributed by atoms with E-state index in [1.54, 1.807) is 59.3 Å². The molecule has 120 heavy (non-hydrogen) atoms. The fourth-order valence-corrected chi connectivity index (χ4v) is 12.2. The van der Waals surface area contributed by atoms with Crippen molar-refractivity contribution in [3.63, 3.8) is 0 Å². The Hall–Kier alpha value is -10.9. The first-order valence-electron chi connectivity index (χ1n) is 35.3. The molecule has 4 N–H and O–H groups in total. The standard InChI is InChI=1S/C13H9F3N.C13H10F2N.C13H8NO.C13H8NS.C11H6F2N.C9H6NS.4C5H8O2.4Ir/c14-13(15,16)10-4-5-11-9(7-10)8-17-6-2-1-3-12(11)17;1-8-2-3-16-7-9-5-10(14)6-11(15)13(9)12(16)4-8;2*1-2-6-10(7-3-1)13-14-11-8-4-5-9-12(11)15-13;12-8-4-5-9(10(13)7-8)11-3-1-2-6-14-11;1-2-6-10-8(4-1)9-5-3-7-11-9;4*1-4(6)3-5(2)7;;;;/h1-7H,8H2;2-6H,7H2,1H3;2*1-6,8-9H;1-4,6-7H;1-4,6-7H;4*3,6H,1-2H3;;;;/q2*+1;4*-1;;;;;;;;. The van der Waals surface area contributed by atoms with Gasteiger partial charge >= 0.3 is 6.18 Å². The molecule has 0 aliphatic carbocycles. The fourth-order valence-electron chi connectivity index (χ4n) is 10.6. The zero-order valence-corrected chi connectivity index (χ0v) is 76.8. The maximum Gasteiger partial charge on any atom is 0.416 e. The van der Waals surface area contributed by atoms with Crippen molar-refractivity contribution in [2.24, 2.45) is 0 Å². The number of halogens is 7. The second-order valence-corrected chi connectivity index (χ2v) is 27.1. The van der Waals surface area contributed by atoms with Gasteiger partial charge in [-0.1, -0.05) is 70.6 Å². The van der Waals surface area contributed by atoms with Gasteiger partial charge in [-0.2, -0.15) is 45.8 Å². The molecule has 14 aromatic rings. The number of pyridine rings is 4. The topological polar surface area (TPSA) is 222 Å². The summed E-state index contributed by atoms with van der Waals surface area (Å²) >= 11 is 3.37. The number of thiophene rings is 1. The number of aliphatic hydroxyl groups excluding tert-OH is 4. The zero-order valence-electron chi connectivity index (χ0n) is 65.6. The molecule has 0 saturated heterocycles. The number of aromatic nitrogens is 6. The first-order chi connectivity index (χ1) is 55.3. The number of carbonyl (C=O) groups excluding carboxylic acids is 4. The third kappa shape index (κ3) is 34.8. The molecule has 0 spiro atoms. The summed E-state index contributed by atoms with van der Waals surface area (Å²) in [7, 11) is 0. The van der Waals surface area contributed by atoms with Gasteiger partial charge in [0.1, 0.15) is 23.1 Å². The first kappa shape index (κ1) is 103. The number of nitrogens with zero attached hydrogens (tertiary/aromatic N) is 6. The first-order valence-corrected chi connectivity index (χ1v) is 37.0. The molecule has 630 valence electrons. The molecule has 28 heteroatoms. The maximum absolute atomic E-state index is 13.7. The minimum atomic E-state index is -4.27. The Morgan fingerprint density at radius 3 is 1.52 bits per heavy atom. The van der Waals surface area contributed by atoms with Crippen molar-refractivity contribution in [1.29, 1.82) is 0 Å². The molecular weight excluding hydrogens is 2300 g/mol. The predicted octanol–water partition coefficient (Wildman–Crippen LogP) is 22.2. The Morgan fingerprint density at radius 1 is 0.492 bits per heavy atom. The summed E-state index contributed by atoms with van der Waals surface area (Å²) in [5, 5.41) is 36.5. The second kappa shape index (κ2) is 52.3. The van der Waals surface area contributed by atoms with E-state index < -0.39 is 35.0 Å². The van der Waals surface area contributed by atoms with Crippen molar-refractivity contribution in [3.8, 4) is 66.4 Å². The zero-order chi connectivity index (χ0) is 84.4. The van der Waals surface area contributed by atoms with Gasteiger partial charge in [0.05, 0.1) is 50.8 Å². The molecule has 0 saturated carbocycles. The van der Waals surface area contributed by atoms with Gasteiger partial charge < -0.3 is 34.8 Å². The number of carbonyl (C=O) groups is 4. The summed E-state index contributed by atoms with van der Waals surface area (Å²) in [6.45, 7) is 14.4. The number of hydrogen-bond acceptors (Lipinski definition) is 15. The van der Waals surface area contributed by atoms with E-state index in [1.165, 1.54) is 96.5 Å². The van der Waals surface area contributed by atoms with Crippen LogP contribution in [0.3, 0.4) is 0 Å². The number of para-hydroxylation sites is 3. The van der Waals surface area contributed by atoms with Crippen molar-refractivity contribution in [3.05, 3.63) is 360 Å². The van der Waals surface area contributed by atoms with Gasteiger partial charge in [-0.15, -0.1) is 83.7 Å². The summed E-state index contributed by atoms with van der Waals surface area (Å²) in [6.07, 6.45) is 7.52. The molecule has 2 aliphatic rings. The van der Waals surface area contributed by atoms with Crippen molar-refractivity contribution in [2.45, 2.75) is 81.6 Å². The molecule has 2 aliphatic heterocycles. The monoisotopic (exact) mass is 2380 g/mol. The van der Waals surface area contributed by atoms with Gasteiger partial charge in [0.15, 0.2) is 48.6 Å². The van der Waals surface area contributed by atoms with Gasteiger partial charge in [-0.3, -0.25) is 37.9 Å². The Bertz CT molecular complexity index is 5440. The van der Waals surface area contributed by atoms with Crippen LogP contribution in [0.5, 0.6) is 0 Å². The van der Waals surface area contributed by atoms with E-state index >= 15 is 0 Å². The predicted molar refractivity (Wildman–Crippen MR) is 437 cm³/mol. The van der Waals surface area contributed by atoms with Crippen molar-refractivity contribution in [1.82, 2.24) is 19.9 Å². The smallest absolute Gasteiger partial charge is 0.416 e. The summed E-state index contributed by atoms with van der Waals surface area (Å²) < 4.78 is 101. The Kier molecular flexibility index (Phi) is 45.0. The van der Waals surface area contributed by atoms with Crippen molar-refractivity contribution < 1.29 is 164 Å². The molecule has 7 aromatic heterocycles. The number of aliphatic hydroxyl groups is 4. The molecular formula is C92H79F7Ir4N6O9S2-2. The second-order valence-electron chi connectivity index (χ2n) is 25.2. The molecule has 0 unspecified atom stereocenters. The SMILES string of the molecule is CC(=O)C=C(C)O.CC(=O)C=C(C)O.CC(=O)C=C(C)O.CC(=O)C=C(C)O.Cc1cc[n+]2c(c1)-c1c(F)cc(F)cc1C2.FC(F)(F)c1ccc2c(c1)C[n+]1ccccc1-2.Fc1c[c-]c(-c2ccccn2)c(F)c1.[Ir].[Ir].[Ir].[Ir].[c-]1ccccc1-c1nc2ccccc2o1.[c-]1ccccc1-c1nc2ccccc2s1.[c-]1ccsc1-c1ccccn1. The quantitative estimate of drug-likeness (QED) is 0.0366. The van der Waals surface area contributed by atoms with E-state index in [-0.39, 0.29) is 132 Å². The van der Waals surface area contributed by atoms with Crippen LogP contribution in [0, 0.1) is 54.5 Å². The molecule has 0 fully saturated rings. The van der Waals surface area contributed by atoms with Crippen LogP contribution in [0.15, 0.2) is 294 Å². The summed E-state index contributed by atoms with van der Waals surface area (Å²) in [4.78, 5) is 58.3. The van der Waals surface area contributed by atoms with Gasteiger partial charge in [-0.05, 0) is 146 Å². The largest absolute Gasteiger partial charge is 0.512 e. The van der Waals surface area contributed by atoms with Crippen molar-refractivity contribution in [2.75, 3.05) is 0 Å². The molecule has 0 atom stereocenters. The Morgan fingerprint density at radius 2 is 1.02 bits per heavy atom. The fraction of sp³-hybridized carbons (Fsp3) is 0.130. The number of aryl methyl sites for hydroxylation is 1. The van der Waals surface area contributed by atoms with Crippen LogP contribution < -0.4 is 9.13 Å². The Balaban J connectivity index is 0.000000349. The van der Waals surface area contributed by atoms with Crippen LogP contribution in [-0.4, -0.2) is 63.5 Å². The number of thiazole rings is 1. The molecule has 7 aromatic carbocycles. The number of rotatable bonds is 8. The van der Waals surface area contributed by atoms with Gasteiger partial charge in [0, 0.05) is 180 Å². The number of allylic oxidation sites excluding steroid dienone is 8. The molecule has 9 heterocycles. The summed E-state index contributed by atoms with van der Waals surface area (Å²) in [5.41, 5.74) is 11.5. The molecule has 0 bridgehead atoms. The number of fused-ring (bicyclic) bond motifs is 8. The van der Waals surface area contributed by atoms with E-state index in [9.17, 15) is 49.9 Å². The van der Waals surface area contributed by atoms with E-state index in [1.807, 2.05) is 179 Å². The van der Waals surface area contributed by atoms with E-state index in [4.69, 9.17) is 24.8 Å². The van der Waals surface area contributed by atoms with Gasteiger partial charge in [-0.25, -0.2) is 20.1 Å². The van der Waals surface area contributed by atoms with Crippen LogP contribution in [0.2, 0.25) is 0 Å². The maximum atomic E-state index is 13.7. The van der Waals surface area contributed by atoms with Gasteiger partial charge in [0.25, 0.3) is 0 Å². The Labute approximate surface area is 752 Å². The number of hydrogen-bond donors (Lipinski definition) is 4. The third-order valence-corrected chi connectivity index (χ3v) is 17.1. The third-order valence-electron chi connectivity index (χ3n) is 15.2. The number of ketones is 4. The van der Waals surface area contributed by atoms with Crippen LogP contribution in [0.1, 0.15) is 77.6 Å². The van der Waals surface area contributed by atoms with E-state index in [2.05, 4.69) is 50.3 Å². The minimum absolute atomic E-state index is 0. The van der Waals surface area contributed by atoms with Crippen LogP contribution in [0.25, 0.3) is 87.7 Å². The number of benzene rings is 7. The van der Waals surface area contributed by atoms with E-state index in [0.717, 1.165) is 95.7 Å². The molecule has 16 rings (SSSR count). The average Bonchev–Trinajstić information content (AvgIpc) is 1.62. The van der Waals surface area contributed by atoms with Crippen LogP contribution in [-0.2, 0) is 119 Å².